The van der Waals surface area contributed by atoms with E-state index in [1.807, 2.05) is 68.4 Å². The Kier molecular flexibility index (Phi) is 7.10. The summed E-state index contributed by atoms with van der Waals surface area (Å²) in [6, 6.07) is 16.3. The largest absolute Gasteiger partial charge is 0.445 e. The number of H-pyrrole nitrogens is 1. The van der Waals surface area contributed by atoms with Crippen LogP contribution in [0.3, 0.4) is 0 Å². The molecular weight excluding hydrogens is 444 g/mol. The lowest BCUT2D eigenvalue weighted by Gasteiger charge is -2.37. The smallest absolute Gasteiger partial charge is 0.408 e. The molecule has 0 aliphatic heterocycles. The van der Waals surface area contributed by atoms with Crippen LogP contribution >= 0.6 is 0 Å². The zero-order valence-electron chi connectivity index (χ0n) is 20.1. The number of rotatable bonds is 8. The van der Waals surface area contributed by atoms with Crippen molar-refractivity contribution >= 4 is 28.8 Å². The van der Waals surface area contributed by atoms with E-state index in [9.17, 15) is 14.4 Å². The van der Waals surface area contributed by atoms with E-state index in [1.165, 1.54) is 0 Å². The number of para-hydroxylation sites is 1. The van der Waals surface area contributed by atoms with E-state index in [4.69, 9.17) is 10.5 Å². The molecule has 1 aromatic heterocycles. The number of hydrogen-bond donors (Lipinski definition) is 4. The van der Waals surface area contributed by atoms with Crippen LogP contribution in [-0.2, 0) is 33.8 Å². The summed E-state index contributed by atoms with van der Waals surface area (Å²) in [5.41, 5.74) is 8.50. The second-order valence-electron chi connectivity index (χ2n) is 9.31. The molecular formula is C27H32N4O4. The van der Waals surface area contributed by atoms with Crippen LogP contribution in [0.25, 0.3) is 10.9 Å². The Morgan fingerprint density at radius 2 is 1.83 bits per heavy atom. The first kappa shape index (κ1) is 24.3. The molecule has 5 N–H and O–H groups in total. The summed E-state index contributed by atoms with van der Waals surface area (Å²) in [5.74, 6) is -1.22. The van der Waals surface area contributed by atoms with Gasteiger partial charge in [0.15, 0.2) is 0 Å². The number of carbonyl (C=O) groups excluding carboxylic acids is 3. The molecule has 0 fully saturated rings. The quantitative estimate of drug-likeness (QED) is 0.398. The minimum Gasteiger partial charge on any atom is -0.445 e. The molecule has 2 aromatic carbocycles. The van der Waals surface area contributed by atoms with E-state index in [1.54, 1.807) is 0 Å². The molecule has 1 aliphatic carbocycles. The molecule has 0 bridgehead atoms. The van der Waals surface area contributed by atoms with E-state index >= 15 is 0 Å². The lowest BCUT2D eigenvalue weighted by molar-refractivity contribution is -0.133. The van der Waals surface area contributed by atoms with Gasteiger partial charge < -0.3 is 26.1 Å². The first-order chi connectivity index (χ1) is 16.8. The highest BCUT2D eigenvalue weighted by molar-refractivity contribution is 5.95. The molecule has 8 nitrogen and oxygen atoms in total. The zero-order valence-corrected chi connectivity index (χ0v) is 20.1. The molecule has 4 rings (SSSR count). The highest BCUT2D eigenvalue weighted by Crippen LogP contribution is 2.34. The highest BCUT2D eigenvalue weighted by Gasteiger charge is 2.44. The summed E-state index contributed by atoms with van der Waals surface area (Å²) < 4.78 is 5.32. The Hall–Kier alpha value is -3.81. The van der Waals surface area contributed by atoms with E-state index in [0.717, 1.165) is 27.7 Å². The number of nitrogens with two attached hydrogens (primary N) is 1. The van der Waals surface area contributed by atoms with Gasteiger partial charge in [0.05, 0.1) is 0 Å². The van der Waals surface area contributed by atoms with Gasteiger partial charge in [-0.05, 0) is 36.0 Å². The zero-order chi connectivity index (χ0) is 25.0. The van der Waals surface area contributed by atoms with Gasteiger partial charge in [-0.15, -0.1) is 0 Å². The Morgan fingerprint density at radius 1 is 1.11 bits per heavy atom. The third-order valence-corrected chi connectivity index (χ3v) is 7.00. The number of primary amides is 1. The summed E-state index contributed by atoms with van der Waals surface area (Å²) in [7, 11) is 0. The van der Waals surface area contributed by atoms with Crippen molar-refractivity contribution < 1.29 is 19.1 Å². The van der Waals surface area contributed by atoms with Gasteiger partial charge in [0.2, 0.25) is 11.8 Å². The maximum atomic E-state index is 13.4. The number of amides is 3. The fourth-order valence-electron chi connectivity index (χ4n) is 4.69. The van der Waals surface area contributed by atoms with Crippen LogP contribution in [0, 0.1) is 5.92 Å². The van der Waals surface area contributed by atoms with Gasteiger partial charge >= 0.3 is 6.09 Å². The molecule has 1 aliphatic rings. The maximum Gasteiger partial charge on any atom is 0.408 e. The number of hydrogen-bond acceptors (Lipinski definition) is 4. The van der Waals surface area contributed by atoms with Crippen molar-refractivity contribution in [2.45, 2.75) is 57.7 Å². The fourth-order valence-corrected chi connectivity index (χ4v) is 4.69. The number of aryl methyl sites for hydroxylation is 1. The van der Waals surface area contributed by atoms with Crippen LogP contribution in [0.15, 0.2) is 54.6 Å². The van der Waals surface area contributed by atoms with Crippen molar-refractivity contribution in [3.8, 4) is 0 Å². The van der Waals surface area contributed by atoms with Gasteiger partial charge in [-0.3, -0.25) is 9.59 Å². The molecule has 0 saturated carbocycles. The molecule has 8 heteroatoms. The lowest BCUT2D eigenvalue weighted by Crippen LogP contribution is -2.64. The van der Waals surface area contributed by atoms with Crippen molar-refractivity contribution in [2.75, 3.05) is 0 Å². The van der Waals surface area contributed by atoms with Crippen LogP contribution in [0.4, 0.5) is 4.79 Å². The molecule has 3 atom stereocenters. The number of alkyl carbamates (subject to hydrolysis) is 1. The Labute approximate surface area is 204 Å². The highest BCUT2D eigenvalue weighted by atomic mass is 16.5. The molecule has 184 valence electrons. The van der Waals surface area contributed by atoms with Gasteiger partial charge in [0, 0.05) is 23.0 Å². The second-order valence-corrected chi connectivity index (χ2v) is 9.31. The standard InChI is InChI=1S/C27H32N4O4/c1-3-17(2)23(30-26(34)35-16-18-9-5-4-6-10-18)24(32)31-27(25(28)33)14-13-22-20(15-27)19-11-7-8-12-21(19)29-22/h4-12,17,23,29H,3,13-16H2,1-2H3,(H2,28,33)(H,30,34)(H,31,32)/t17-,23-,27+/m0/s1. The summed E-state index contributed by atoms with van der Waals surface area (Å²) in [5, 5.41) is 6.64. The molecule has 0 spiro atoms. The van der Waals surface area contributed by atoms with Crippen LogP contribution in [0.5, 0.6) is 0 Å². The number of ether oxygens (including phenoxy) is 1. The Morgan fingerprint density at radius 3 is 2.54 bits per heavy atom. The van der Waals surface area contributed by atoms with Crippen LogP contribution in [-0.4, -0.2) is 34.5 Å². The average Bonchev–Trinajstić information content (AvgIpc) is 3.23. The minimum atomic E-state index is -1.24. The maximum absolute atomic E-state index is 13.4. The molecule has 0 unspecified atom stereocenters. The van der Waals surface area contributed by atoms with E-state index in [-0.39, 0.29) is 12.5 Å². The Balaban J connectivity index is 1.50. The predicted molar refractivity (Wildman–Crippen MR) is 133 cm³/mol. The number of carbonyl (C=O) groups is 3. The molecule has 0 saturated heterocycles. The first-order valence-corrected chi connectivity index (χ1v) is 12.0. The van der Waals surface area contributed by atoms with Crippen LogP contribution in [0.2, 0.25) is 0 Å². The number of aromatic amines is 1. The topological polar surface area (TPSA) is 126 Å². The third kappa shape index (κ3) is 5.16. The summed E-state index contributed by atoms with van der Waals surface area (Å²) >= 11 is 0. The number of fused-ring (bicyclic) bond motifs is 3. The van der Waals surface area contributed by atoms with Gasteiger partial charge in [0.25, 0.3) is 0 Å². The normalized spacial score (nSPS) is 18.8. The van der Waals surface area contributed by atoms with Crippen molar-refractivity contribution in [1.82, 2.24) is 15.6 Å². The van der Waals surface area contributed by atoms with Gasteiger partial charge in [-0.25, -0.2) is 4.79 Å². The molecule has 0 radical (unpaired) electrons. The predicted octanol–water partition coefficient (Wildman–Crippen LogP) is 3.34. The van der Waals surface area contributed by atoms with E-state index < -0.39 is 29.5 Å². The number of aromatic nitrogens is 1. The van der Waals surface area contributed by atoms with E-state index in [2.05, 4.69) is 15.6 Å². The number of benzene rings is 2. The van der Waals surface area contributed by atoms with Crippen molar-refractivity contribution in [3.05, 3.63) is 71.4 Å². The SMILES string of the molecule is CC[C@H](C)[C@H](NC(=O)OCc1ccccc1)C(=O)N[C@]1(C(N)=O)CCc2[nH]c3ccccc3c2C1. The van der Waals surface area contributed by atoms with Crippen LogP contribution in [0.1, 0.15) is 43.5 Å². The lowest BCUT2D eigenvalue weighted by atomic mass is 9.78. The van der Waals surface area contributed by atoms with Crippen molar-refractivity contribution in [3.63, 3.8) is 0 Å². The first-order valence-electron chi connectivity index (χ1n) is 12.0. The van der Waals surface area contributed by atoms with Gasteiger partial charge in [-0.2, -0.15) is 0 Å². The van der Waals surface area contributed by atoms with Gasteiger partial charge in [0.1, 0.15) is 18.2 Å². The second kappa shape index (κ2) is 10.2. The molecule has 3 aromatic rings. The van der Waals surface area contributed by atoms with E-state index in [0.29, 0.717) is 25.7 Å². The van der Waals surface area contributed by atoms with Crippen LogP contribution < -0.4 is 16.4 Å². The fraction of sp³-hybridized carbons (Fsp3) is 0.370. The molecule has 35 heavy (non-hydrogen) atoms. The molecule has 3 amide bonds. The Bertz CT molecular complexity index is 1220. The average molecular weight is 477 g/mol. The third-order valence-electron chi connectivity index (χ3n) is 7.00. The number of nitrogens with one attached hydrogen (secondary N) is 3. The van der Waals surface area contributed by atoms with Crippen molar-refractivity contribution in [2.24, 2.45) is 11.7 Å². The summed E-state index contributed by atoms with van der Waals surface area (Å²) in [4.78, 5) is 42.1. The summed E-state index contributed by atoms with van der Waals surface area (Å²) in [6.45, 7) is 3.90. The molecule has 1 heterocycles. The monoisotopic (exact) mass is 476 g/mol. The summed E-state index contributed by atoms with van der Waals surface area (Å²) in [6.07, 6.45) is 1.20. The van der Waals surface area contributed by atoms with Crippen molar-refractivity contribution in [1.29, 1.82) is 0 Å². The minimum absolute atomic E-state index is 0.0933. The van der Waals surface area contributed by atoms with Gasteiger partial charge in [-0.1, -0.05) is 68.8 Å².